The summed E-state index contributed by atoms with van der Waals surface area (Å²) in [4.78, 5) is 26.7. The van der Waals surface area contributed by atoms with Gasteiger partial charge in [-0.15, -0.1) is 0 Å². The van der Waals surface area contributed by atoms with Crippen molar-refractivity contribution < 1.29 is 31.8 Å². The molecule has 0 spiro atoms. The van der Waals surface area contributed by atoms with Gasteiger partial charge in [0.2, 0.25) is 10.0 Å². The van der Waals surface area contributed by atoms with Crippen LogP contribution < -0.4 is 15.0 Å². The van der Waals surface area contributed by atoms with Crippen molar-refractivity contribution in [1.82, 2.24) is 9.55 Å². The fourth-order valence-corrected chi connectivity index (χ4v) is 4.12. The van der Waals surface area contributed by atoms with Gasteiger partial charge in [0, 0.05) is 41.5 Å². The smallest absolute Gasteiger partial charge is 0.352 e. The van der Waals surface area contributed by atoms with Crippen LogP contribution in [0.25, 0.3) is 22.0 Å². The molecule has 2 aromatic heterocycles. The molecule has 2 heterocycles. The van der Waals surface area contributed by atoms with Crippen molar-refractivity contribution in [2.75, 3.05) is 10.5 Å². The summed E-state index contributed by atoms with van der Waals surface area (Å²) in [5, 5.41) is 9.62. The minimum Gasteiger partial charge on any atom is -0.477 e. The van der Waals surface area contributed by atoms with Crippen LogP contribution in [0, 0.1) is 11.6 Å². The number of nitrogens with zero attached hydrogens (tertiary/aromatic N) is 1. The molecule has 35 heavy (non-hydrogen) atoms. The second kappa shape index (κ2) is 8.87. The maximum absolute atomic E-state index is 14.3. The molecule has 2 aromatic carbocycles. The number of aromatic carboxylic acids is 1. The summed E-state index contributed by atoms with van der Waals surface area (Å²) >= 11 is 0. The van der Waals surface area contributed by atoms with Gasteiger partial charge in [-0.05, 0) is 43.3 Å². The van der Waals surface area contributed by atoms with E-state index >= 15 is 0 Å². The maximum atomic E-state index is 14.3. The summed E-state index contributed by atoms with van der Waals surface area (Å²) in [7, 11) is -2.20. The molecule has 0 amide bonds. The monoisotopic (exact) mass is 503 g/mol. The van der Waals surface area contributed by atoms with Crippen molar-refractivity contribution >= 4 is 32.6 Å². The van der Waals surface area contributed by atoms with Crippen LogP contribution in [0.2, 0.25) is 0 Å². The Hall–Kier alpha value is -4.19. The summed E-state index contributed by atoms with van der Waals surface area (Å²) in [6, 6.07) is 8.21. The number of ether oxygens (including phenoxy) is 1. The Balaban J connectivity index is 1.98. The fourth-order valence-electron chi connectivity index (χ4n) is 3.48. The number of rotatable bonds is 7. The van der Waals surface area contributed by atoms with E-state index in [1.54, 1.807) is 0 Å². The molecule has 9 nitrogen and oxygen atoms in total. The third kappa shape index (κ3) is 4.73. The van der Waals surface area contributed by atoms with Gasteiger partial charge in [0.25, 0.3) is 5.56 Å². The van der Waals surface area contributed by atoms with Gasteiger partial charge >= 0.3 is 5.97 Å². The van der Waals surface area contributed by atoms with Crippen LogP contribution in [-0.2, 0) is 17.1 Å². The molecule has 0 atom stereocenters. The van der Waals surface area contributed by atoms with Crippen LogP contribution in [0.15, 0.2) is 53.5 Å². The highest BCUT2D eigenvalue weighted by Crippen LogP contribution is 2.39. The van der Waals surface area contributed by atoms with Crippen LogP contribution >= 0.6 is 0 Å². The minimum absolute atomic E-state index is 0.000791. The number of nitrogens with one attached hydrogen (secondary N) is 2. The predicted molar refractivity (Wildman–Crippen MR) is 125 cm³/mol. The number of aromatic nitrogens is 2. The van der Waals surface area contributed by atoms with Gasteiger partial charge in [-0.3, -0.25) is 9.52 Å². The van der Waals surface area contributed by atoms with Crippen molar-refractivity contribution in [3.05, 3.63) is 76.3 Å². The predicted octanol–water partition coefficient (Wildman–Crippen LogP) is 4.06. The Labute approximate surface area is 197 Å². The number of hydrogen-bond donors (Lipinski definition) is 3. The summed E-state index contributed by atoms with van der Waals surface area (Å²) in [5.74, 6) is -3.49. The lowest BCUT2D eigenvalue weighted by Gasteiger charge is -2.16. The van der Waals surface area contributed by atoms with E-state index in [0.717, 1.165) is 12.1 Å². The quantitative estimate of drug-likeness (QED) is 0.349. The molecule has 0 aliphatic rings. The second-order valence-electron chi connectivity index (χ2n) is 7.63. The molecule has 3 N–H and O–H groups in total. The van der Waals surface area contributed by atoms with Gasteiger partial charge in [0.15, 0.2) is 11.6 Å². The highest BCUT2D eigenvalue weighted by molar-refractivity contribution is 7.92. The SMILES string of the molecule is CCS(=O)(=O)Nc1ccc(Oc2ccc(F)cc2F)c(-c2cn(C)c(=O)c3[nH]c(C(=O)O)cc23)c1. The van der Waals surface area contributed by atoms with E-state index in [2.05, 4.69) is 9.71 Å². The minimum atomic E-state index is -3.65. The first-order valence-electron chi connectivity index (χ1n) is 10.2. The summed E-state index contributed by atoms with van der Waals surface area (Å²) < 4.78 is 61.2. The lowest BCUT2D eigenvalue weighted by Crippen LogP contribution is -2.17. The first kappa shape index (κ1) is 24.0. The van der Waals surface area contributed by atoms with Crippen molar-refractivity contribution in [3.63, 3.8) is 0 Å². The Bertz CT molecular complexity index is 1640. The van der Waals surface area contributed by atoms with Gasteiger partial charge in [0.05, 0.1) is 5.75 Å². The molecule has 182 valence electrons. The highest BCUT2D eigenvalue weighted by atomic mass is 32.2. The zero-order chi connectivity index (χ0) is 25.5. The summed E-state index contributed by atoms with van der Waals surface area (Å²) in [6.45, 7) is 1.46. The highest BCUT2D eigenvalue weighted by Gasteiger charge is 2.20. The molecular weight excluding hydrogens is 484 g/mol. The van der Waals surface area contributed by atoms with Crippen molar-refractivity contribution in [3.8, 4) is 22.6 Å². The zero-order valence-corrected chi connectivity index (χ0v) is 19.2. The van der Waals surface area contributed by atoms with Gasteiger partial charge in [-0.25, -0.2) is 22.0 Å². The molecule has 12 heteroatoms. The van der Waals surface area contributed by atoms with E-state index in [1.807, 2.05) is 0 Å². The number of sulfonamides is 1. The Morgan fingerprint density at radius 1 is 1.11 bits per heavy atom. The molecule has 0 radical (unpaired) electrons. The number of pyridine rings is 1. The number of fused-ring (bicyclic) bond motifs is 1. The van der Waals surface area contributed by atoms with Crippen molar-refractivity contribution in [2.45, 2.75) is 6.92 Å². The van der Waals surface area contributed by atoms with Gasteiger partial charge in [-0.1, -0.05) is 0 Å². The molecule has 4 rings (SSSR count). The van der Waals surface area contributed by atoms with Crippen molar-refractivity contribution in [2.24, 2.45) is 7.05 Å². The summed E-state index contributed by atoms with van der Waals surface area (Å²) in [6.07, 6.45) is 1.42. The van der Waals surface area contributed by atoms with Crippen LogP contribution in [0.4, 0.5) is 14.5 Å². The van der Waals surface area contributed by atoms with Crippen LogP contribution in [0.5, 0.6) is 11.5 Å². The zero-order valence-electron chi connectivity index (χ0n) is 18.4. The average Bonchev–Trinajstić information content (AvgIpc) is 3.25. The number of H-pyrrole nitrogens is 1. The number of carbonyl (C=O) groups is 1. The number of hydrogen-bond acceptors (Lipinski definition) is 5. The van der Waals surface area contributed by atoms with E-state index < -0.39 is 33.2 Å². The van der Waals surface area contributed by atoms with E-state index in [4.69, 9.17) is 4.74 Å². The third-order valence-corrected chi connectivity index (χ3v) is 6.54. The number of aryl methyl sites for hydroxylation is 1. The van der Waals surface area contributed by atoms with Gasteiger partial charge < -0.3 is 19.4 Å². The van der Waals surface area contributed by atoms with Crippen LogP contribution in [0.1, 0.15) is 17.4 Å². The molecule has 4 aromatic rings. The van der Waals surface area contributed by atoms with E-state index in [-0.39, 0.29) is 45.1 Å². The van der Waals surface area contributed by atoms with Gasteiger partial charge in [-0.2, -0.15) is 0 Å². The molecule has 0 saturated heterocycles. The number of halogens is 2. The van der Waals surface area contributed by atoms with E-state index in [1.165, 1.54) is 49.0 Å². The van der Waals surface area contributed by atoms with Crippen molar-refractivity contribution in [1.29, 1.82) is 0 Å². The molecule has 0 aliphatic carbocycles. The average molecular weight is 503 g/mol. The molecule has 0 bridgehead atoms. The maximum Gasteiger partial charge on any atom is 0.352 e. The summed E-state index contributed by atoms with van der Waals surface area (Å²) in [5.41, 5.74) is -0.0429. The molecule has 0 fully saturated rings. The Morgan fingerprint density at radius 2 is 1.83 bits per heavy atom. The van der Waals surface area contributed by atoms with E-state index in [0.29, 0.717) is 11.6 Å². The molecule has 0 unspecified atom stereocenters. The standard InChI is InChI=1S/C23H19F2N3O6S/c1-3-35(32,33)27-13-5-7-19(34-20-6-4-12(24)8-17(20)25)14(9-13)16-11-28(2)22(29)21-15(16)10-18(26-21)23(30)31/h4-11,26-27H,3H2,1-2H3,(H,30,31). The number of anilines is 1. The topological polar surface area (TPSA) is 130 Å². The number of carboxylic acids is 1. The fraction of sp³-hybridized carbons (Fsp3) is 0.130. The molecular formula is C23H19F2N3O6S. The van der Waals surface area contributed by atoms with Gasteiger partial charge in [0.1, 0.15) is 22.8 Å². The largest absolute Gasteiger partial charge is 0.477 e. The lowest BCUT2D eigenvalue weighted by molar-refractivity contribution is 0.0691. The number of benzene rings is 2. The first-order valence-corrected chi connectivity index (χ1v) is 11.9. The second-order valence-corrected chi connectivity index (χ2v) is 9.64. The first-order chi connectivity index (χ1) is 16.5. The van der Waals surface area contributed by atoms with Crippen LogP contribution in [0.3, 0.4) is 0 Å². The number of carboxylic acid groups (broad SMARTS) is 1. The van der Waals surface area contributed by atoms with Crippen LogP contribution in [-0.4, -0.2) is 34.8 Å². The lowest BCUT2D eigenvalue weighted by atomic mass is 10.0. The third-order valence-electron chi connectivity index (χ3n) is 5.23. The number of aromatic amines is 1. The molecule has 0 aliphatic heterocycles. The van der Waals surface area contributed by atoms with E-state index in [9.17, 15) is 31.9 Å². The Kier molecular flexibility index (Phi) is 6.07. The molecule has 0 saturated carbocycles. The Morgan fingerprint density at radius 3 is 2.49 bits per heavy atom. The normalized spacial score (nSPS) is 11.5.